The molecule has 1 amide bonds. The van der Waals surface area contributed by atoms with Crippen molar-refractivity contribution in [3.05, 3.63) is 47.4 Å². The lowest BCUT2D eigenvalue weighted by atomic mass is 10.1. The van der Waals surface area contributed by atoms with Gasteiger partial charge in [0.25, 0.3) is 5.91 Å². The van der Waals surface area contributed by atoms with Crippen LogP contribution in [0.25, 0.3) is 6.08 Å². The van der Waals surface area contributed by atoms with Crippen LogP contribution in [0.3, 0.4) is 0 Å². The van der Waals surface area contributed by atoms with Crippen LogP contribution >= 0.6 is 24.2 Å². The molecule has 1 aliphatic heterocycles. The number of ether oxygens (including phenoxy) is 3. The summed E-state index contributed by atoms with van der Waals surface area (Å²) < 4.78 is 23.5. The number of hydrogen-bond acceptors (Lipinski definition) is 7. The number of furan rings is 1. The predicted octanol–water partition coefficient (Wildman–Crippen LogP) is 3.71. The Hall–Kier alpha value is -2.45. The van der Waals surface area contributed by atoms with E-state index in [9.17, 15) is 4.79 Å². The fourth-order valence-electron chi connectivity index (χ4n) is 2.57. The van der Waals surface area contributed by atoms with Crippen LogP contribution in [-0.4, -0.2) is 35.7 Å². The van der Waals surface area contributed by atoms with E-state index in [2.05, 4.69) is 0 Å². The second-order valence-electron chi connectivity index (χ2n) is 5.28. The van der Waals surface area contributed by atoms with E-state index in [1.807, 2.05) is 6.07 Å². The largest absolute Gasteiger partial charge is 0.493 e. The lowest BCUT2D eigenvalue weighted by Gasteiger charge is -2.14. The summed E-state index contributed by atoms with van der Waals surface area (Å²) in [6.45, 7) is 0.344. The van der Waals surface area contributed by atoms with E-state index < -0.39 is 0 Å². The first-order chi connectivity index (χ1) is 12.6. The average molecular weight is 391 g/mol. The van der Waals surface area contributed by atoms with E-state index >= 15 is 0 Å². The van der Waals surface area contributed by atoms with Gasteiger partial charge in [-0.3, -0.25) is 9.10 Å². The number of rotatable bonds is 6. The van der Waals surface area contributed by atoms with Gasteiger partial charge in [0.1, 0.15) is 9.96 Å². The molecule has 1 fully saturated rings. The van der Waals surface area contributed by atoms with Crippen LogP contribution in [0.1, 0.15) is 11.3 Å². The molecule has 1 aliphatic rings. The van der Waals surface area contributed by atoms with Gasteiger partial charge < -0.3 is 18.6 Å². The van der Waals surface area contributed by atoms with Crippen molar-refractivity contribution in [3.8, 4) is 17.2 Å². The smallest absolute Gasteiger partial charge is 0.266 e. The minimum Gasteiger partial charge on any atom is -0.493 e. The van der Waals surface area contributed by atoms with E-state index in [-0.39, 0.29) is 5.91 Å². The van der Waals surface area contributed by atoms with Gasteiger partial charge in [0.05, 0.1) is 39.7 Å². The fraction of sp³-hybridized carbons (Fsp3) is 0.222. The van der Waals surface area contributed by atoms with Gasteiger partial charge in [-0.15, -0.1) is 0 Å². The molecule has 0 atom stereocenters. The number of amides is 1. The molecule has 6 nitrogen and oxygen atoms in total. The van der Waals surface area contributed by atoms with Crippen LogP contribution in [0.4, 0.5) is 0 Å². The number of benzene rings is 1. The zero-order chi connectivity index (χ0) is 18.7. The standard InChI is InChI=1S/C18H17NO5S2/c1-21-14-7-6-11(15(22-2)16(14)23-3)9-13-17(20)19(26-18(13)25)10-12-5-4-8-24-12/h4-9H,10H2,1-3H3/b13-9+. The Kier molecular flexibility index (Phi) is 5.53. The maximum Gasteiger partial charge on any atom is 0.266 e. The summed E-state index contributed by atoms with van der Waals surface area (Å²) in [4.78, 5) is 12.7. The Balaban J connectivity index is 1.94. The Morgan fingerprint density at radius 1 is 1.15 bits per heavy atom. The summed E-state index contributed by atoms with van der Waals surface area (Å²) in [6, 6.07) is 7.15. The summed E-state index contributed by atoms with van der Waals surface area (Å²) in [5.41, 5.74) is 1.11. The van der Waals surface area contributed by atoms with Gasteiger partial charge in [0.2, 0.25) is 5.75 Å². The maximum absolute atomic E-state index is 12.7. The van der Waals surface area contributed by atoms with Gasteiger partial charge in [-0.1, -0.05) is 12.2 Å². The molecule has 0 radical (unpaired) electrons. The van der Waals surface area contributed by atoms with E-state index in [1.54, 1.807) is 42.0 Å². The summed E-state index contributed by atoms with van der Waals surface area (Å²) >= 11 is 6.60. The van der Waals surface area contributed by atoms with Crippen molar-refractivity contribution in [3.63, 3.8) is 0 Å². The van der Waals surface area contributed by atoms with Crippen molar-refractivity contribution in [2.24, 2.45) is 0 Å². The number of thiocarbonyl (C=S) groups is 1. The number of carbonyl (C=O) groups is 1. The molecule has 2 heterocycles. The summed E-state index contributed by atoms with van der Waals surface area (Å²) in [5, 5.41) is 0. The molecule has 0 spiro atoms. The molecule has 0 aliphatic carbocycles. The van der Waals surface area contributed by atoms with Crippen molar-refractivity contribution in [2.75, 3.05) is 21.3 Å². The van der Waals surface area contributed by atoms with Crippen LogP contribution in [0.15, 0.2) is 40.5 Å². The third-order valence-corrected chi connectivity index (χ3v) is 5.13. The average Bonchev–Trinajstić information content (AvgIpc) is 3.25. The highest BCUT2D eigenvalue weighted by molar-refractivity contribution is 8.23. The van der Waals surface area contributed by atoms with E-state index in [0.717, 1.165) is 0 Å². The van der Waals surface area contributed by atoms with Crippen LogP contribution in [0.2, 0.25) is 0 Å². The Morgan fingerprint density at radius 2 is 1.92 bits per heavy atom. The van der Waals surface area contributed by atoms with E-state index in [4.69, 9.17) is 30.8 Å². The van der Waals surface area contributed by atoms with Crippen molar-refractivity contribution in [1.82, 2.24) is 4.31 Å². The summed E-state index contributed by atoms with van der Waals surface area (Å²) in [7, 11) is 4.61. The molecule has 0 unspecified atom stereocenters. The van der Waals surface area contributed by atoms with Crippen LogP contribution in [0, 0.1) is 0 Å². The van der Waals surface area contributed by atoms with Gasteiger partial charge in [-0.25, -0.2) is 0 Å². The second kappa shape index (κ2) is 7.84. The third-order valence-electron chi connectivity index (χ3n) is 3.78. The molecule has 26 heavy (non-hydrogen) atoms. The summed E-state index contributed by atoms with van der Waals surface area (Å²) in [5.74, 6) is 2.00. The van der Waals surface area contributed by atoms with E-state index in [1.165, 1.54) is 26.2 Å². The monoisotopic (exact) mass is 391 g/mol. The van der Waals surface area contributed by atoms with Crippen molar-refractivity contribution in [1.29, 1.82) is 0 Å². The minimum absolute atomic E-state index is 0.173. The zero-order valence-corrected chi connectivity index (χ0v) is 16.1. The number of hydrogen-bond donors (Lipinski definition) is 0. The lowest BCUT2D eigenvalue weighted by Crippen LogP contribution is -2.18. The van der Waals surface area contributed by atoms with Crippen molar-refractivity contribution < 1.29 is 23.4 Å². The Morgan fingerprint density at radius 3 is 2.54 bits per heavy atom. The van der Waals surface area contributed by atoms with Gasteiger partial charge in [0.15, 0.2) is 11.5 Å². The highest BCUT2D eigenvalue weighted by atomic mass is 32.2. The van der Waals surface area contributed by atoms with Crippen LogP contribution in [0.5, 0.6) is 17.2 Å². The first-order valence-corrected chi connectivity index (χ1v) is 8.84. The van der Waals surface area contributed by atoms with Crippen molar-refractivity contribution >= 4 is 40.3 Å². The number of nitrogens with zero attached hydrogens (tertiary/aromatic N) is 1. The normalized spacial score (nSPS) is 15.7. The third kappa shape index (κ3) is 3.42. The SMILES string of the molecule is COc1ccc(/C=C2\C(=O)N(Cc3ccco3)SC2=S)c(OC)c1OC. The maximum atomic E-state index is 12.7. The molecule has 3 rings (SSSR count). The molecule has 136 valence electrons. The van der Waals surface area contributed by atoms with Crippen molar-refractivity contribution in [2.45, 2.75) is 6.54 Å². The minimum atomic E-state index is -0.173. The predicted molar refractivity (Wildman–Crippen MR) is 104 cm³/mol. The van der Waals surface area contributed by atoms with Gasteiger partial charge in [-0.05, 0) is 30.3 Å². The van der Waals surface area contributed by atoms with E-state index in [0.29, 0.717) is 44.9 Å². The molecule has 8 heteroatoms. The van der Waals surface area contributed by atoms with Gasteiger partial charge in [0, 0.05) is 17.5 Å². The molecule has 1 saturated heterocycles. The molecule has 2 aromatic rings. The molecule has 0 bridgehead atoms. The number of methoxy groups -OCH3 is 3. The first kappa shape index (κ1) is 18.3. The lowest BCUT2D eigenvalue weighted by molar-refractivity contribution is -0.121. The first-order valence-electron chi connectivity index (χ1n) is 7.66. The zero-order valence-electron chi connectivity index (χ0n) is 14.5. The highest BCUT2D eigenvalue weighted by Crippen LogP contribution is 2.42. The molecular weight excluding hydrogens is 374 g/mol. The van der Waals surface area contributed by atoms with Gasteiger partial charge >= 0.3 is 0 Å². The highest BCUT2D eigenvalue weighted by Gasteiger charge is 2.33. The molecule has 1 aromatic heterocycles. The quantitative estimate of drug-likeness (QED) is 0.423. The summed E-state index contributed by atoms with van der Waals surface area (Å²) in [6.07, 6.45) is 3.28. The number of carbonyl (C=O) groups excluding carboxylic acids is 1. The Bertz CT molecular complexity index is 861. The molecular formula is C18H17NO5S2. The van der Waals surface area contributed by atoms with Crippen LogP contribution < -0.4 is 14.2 Å². The second-order valence-corrected chi connectivity index (χ2v) is 6.98. The van der Waals surface area contributed by atoms with Gasteiger partial charge in [-0.2, -0.15) is 0 Å². The molecule has 0 N–H and O–H groups in total. The van der Waals surface area contributed by atoms with Crippen LogP contribution in [-0.2, 0) is 11.3 Å². The Labute approximate surface area is 160 Å². The molecule has 0 saturated carbocycles. The fourth-order valence-corrected chi connectivity index (χ4v) is 3.81. The topological polar surface area (TPSA) is 61.1 Å². The molecule has 1 aromatic carbocycles.